The summed E-state index contributed by atoms with van der Waals surface area (Å²) in [6, 6.07) is 0. The van der Waals surface area contributed by atoms with Gasteiger partial charge in [-0.25, -0.2) is 0 Å². The molecule has 1 saturated heterocycles. The van der Waals surface area contributed by atoms with Crippen molar-refractivity contribution in [2.24, 2.45) is 5.92 Å². The summed E-state index contributed by atoms with van der Waals surface area (Å²) < 4.78 is 1.95. The molecule has 0 atom stereocenters. The number of nitrogens with one attached hydrogen (secondary N) is 2. The molecule has 2 rings (SSSR count). The van der Waals surface area contributed by atoms with E-state index in [4.69, 9.17) is 0 Å². The van der Waals surface area contributed by atoms with E-state index < -0.39 is 0 Å². The molecule has 0 aliphatic carbocycles. The summed E-state index contributed by atoms with van der Waals surface area (Å²) in [6.07, 6.45) is 6.55. The van der Waals surface area contributed by atoms with E-state index in [9.17, 15) is 0 Å². The molecule has 2 heterocycles. The zero-order valence-corrected chi connectivity index (χ0v) is 9.37. The molecule has 15 heavy (non-hydrogen) atoms. The Morgan fingerprint density at radius 3 is 3.00 bits per heavy atom. The van der Waals surface area contributed by atoms with Crippen molar-refractivity contribution in [1.29, 1.82) is 0 Å². The third kappa shape index (κ3) is 2.96. The third-order valence-electron chi connectivity index (χ3n) is 3.01. The van der Waals surface area contributed by atoms with Crippen LogP contribution in [0.1, 0.15) is 19.8 Å². The lowest BCUT2D eigenvalue weighted by Crippen LogP contribution is -2.31. The van der Waals surface area contributed by atoms with Crippen LogP contribution in [0, 0.1) is 5.92 Å². The number of piperidine rings is 1. The SMILES string of the molecule is CCn1cc(NCC2CCNCC2)cn1. The fourth-order valence-corrected chi connectivity index (χ4v) is 1.98. The third-order valence-corrected chi connectivity index (χ3v) is 3.01. The second kappa shape index (κ2) is 5.16. The van der Waals surface area contributed by atoms with Crippen molar-refractivity contribution in [2.75, 3.05) is 25.0 Å². The van der Waals surface area contributed by atoms with Crippen LogP contribution in [0.15, 0.2) is 12.4 Å². The van der Waals surface area contributed by atoms with E-state index in [1.54, 1.807) is 0 Å². The number of anilines is 1. The summed E-state index contributed by atoms with van der Waals surface area (Å²) in [5, 5.41) is 11.1. The molecule has 84 valence electrons. The van der Waals surface area contributed by atoms with Gasteiger partial charge in [0.25, 0.3) is 0 Å². The van der Waals surface area contributed by atoms with Gasteiger partial charge in [0.2, 0.25) is 0 Å². The first-order valence-corrected chi connectivity index (χ1v) is 5.85. The highest BCUT2D eigenvalue weighted by Crippen LogP contribution is 2.13. The van der Waals surface area contributed by atoms with Gasteiger partial charge in [0.1, 0.15) is 0 Å². The molecule has 0 radical (unpaired) electrons. The minimum absolute atomic E-state index is 0.816. The van der Waals surface area contributed by atoms with Gasteiger partial charge in [0, 0.05) is 19.3 Å². The largest absolute Gasteiger partial charge is 0.382 e. The Bertz CT molecular complexity index is 289. The zero-order chi connectivity index (χ0) is 10.5. The van der Waals surface area contributed by atoms with Crippen molar-refractivity contribution in [3.63, 3.8) is 0 Å². The van der Waals surface area contributed by atoms with Crippen LogP contribution in [0.5, 0.6) is 0 Å². The molecule has 0 saturated carbocycles. The lowest BCUT2D eigenvalue weighted by Gasteiger charge is -2.22. The van der Waals surface area contributed by atoms with Gasteiger partial charge in [-0.3, -0.25) is 4.68 Å². The zero-order valence-electron chi connectivity index (χ0n) is 9.37. The number of aromatic nitrogens is 2. The maximum absolute atomic E-state index is 4.24. The average Bonchev–Trinajstić information content (AvgIpc) is 2.76. The minimum Gasteiger partial charge on any atom is -0.382 e. The van der Waals surface area contributed by atoms with E-state index >= 15 is 0 Å². The molecule has 1 aromatic heterocycles. The molecule has 1 fully saturated rings. The Hall–Kier alpha value is -1.03. The number of rotatable bonds is 4. The van der Waals surface area contributed by atoms with Crippen LogP contribution in [-0.2, 0) is 6.54 Å². The van der Waals surface area contributed by atoms with Crippen molar-refractivity contribution in [3.8, 4) is 0 Å². The molecular weight excluding hydrogens is 188 g/mol. The fourth-order valence-electron chi connectivity index (χ4n) is 1.98. The van der Waals surface area contributed by atoms with Gasteiger partial charge in [-0.15, -0.1) is 0 Å². The quantitative estimate of drug-likeness (QED) is 0.784. The predicted molar refractivity (Wildman–Crippen MR) is 62.0 cm³/mol. The Kier molecular flexibility index (Phi) is 3.61. The maximum Gasteiger partial charge on any atom is 0.0726 e. The van der Waals surface area contributed by atoms with E-state index in [2.05, 4.69) is 28.9 Å². The Balaban J connectivity index is 1.76. The van der Waals surface area contributed by atoms with E-state index in [0.717, 1.165) is 24.7 Å². The second-order valence-electron chi connectivity index (χ2n) is 4.16. The van der Waals surface area contributed by atoms with Gasteiger partial charge >= 0.3 is 0 Å². The molecule has 1 aliphatic rings. The van der Waals surface area contributed by atoms with Gasteiger partial charge in [-0.2, -0.15) is 5.10 Å². The van der Waals surface area contributed by atoms with Gasteiger partial charge in [0.05, 0.1) is 11.9 Å². The highest BCUT2D eigenvalue weighted by atomic mass is 15.3. The highest BCUT2D eigenvalue weighted by molar-refractivity contribution is 5.37. The molecule has 0 aromatic carbocycles. The Labute approximate surface area is 91.1 Å². The highest BCUT2D eigenvalue weighted by Gasteiger charge is 2.12. The van der Waals surface area contributed by atoms with Crippen LogP contribution in [0.2, 0.25) is 0 Å². The normalized spacial score (nSPS) is 17.9. The first-order chi connectivity index (χ1) is 7.38. The summed E-state index contributed by atoms with van der Waals surface area (Å²) in [4.78, 5) is 0. The van der Waals surface area contributed by atoms with Crippen molar-refractivity contribution < 1.29 is 0 Å². The first kappa shape index (κ1) is 10.5. The van der Waals surface area contributed by atoms with Crippen LogP contribution < -0.4 is 10.6 Å². The van der Waals surface area contributed by atoms with Gasteiger partial charge in [0.15, 0.2) is 0 Å². The van der Waals surface area contributed by atoms with Crippen molar-refractivity contribution in [1.82, 2.24) is 15.1 Å². The van der Waals surface area contributed by atoms with Crippen LogP contribution in [0.25, 0.3) is 0 Å². The first-order valence-electron chi connectivity index (χ1n) is 5.85. The molecule has 2 N–H and O–H groups in total. The fraction of sp³-hybridized carbons (Fsp3) is 0.727. The van der Waals surface area contributed by atoms with Crippen LogP contribution >= 0.6 is 0 Å². The number of aryl methyl sites for hydroxylation is 1. The van der Waals surface area contributed by atoms with E-state index in [1.165, 1.54) is 25.9 Å². The van der Waals surface area contributed by atoms with Crippen molar-refractivity contribution >= 4 is 5.69 Å². The lowest BCUT2D eigenvalue weighted by molar-refractivity contribution is 0.390. The molecule has 0 amide bonds. The summed E-state index contributed by atoms with van der Waals surface area (Å²) in [6.45, 7) is 6.46. The average molecular weight is 208 g/mol. The molecule has 0 spiro atoms. The second-order valence-corrected chi connectivity index (χ2v) is 4.16. The standard InChI is InChI=1S/C11H20N4/c1-2-15-9-11(8-14-15)13-7-10-3-5-12-6-4-10/h8-10,12-13H,2-7H2,1H3. The maximum atomic E-state index is 4.24. The predicted octanol–water partition coefficient (Wildman–Crippen LogP) is 1.31. The number of hydrogen-bond acceptors (Lipinski definition) is 3. The van der Waals surface area contributed by atoms with Gasteiger partial charge in [-0.1, -0.05) is 0 Å². The monoisotopic (exact) mass is 208 g/mol. The molecule has 1 aliphatic heterocycles. The number of nitrogens with zero attached hydrogens (tertiary/aromatic N) is 2. The van der Waals surface area contributed by atoms with Crippen LogP contribution in [-0.4, -0.2) is 29.4 Å². The van der Waals surface area contributed by atoms with Gasteiger partial charge < -0.3 is 10.6 Å². The minimum atomic E-state index is 0.816. The molecular formula is C11H20N4. The molecule has 0 bridgehead atoms. The van der Waals surface area contributed by atoms with Crippen LogP contribution in [0.3, 0.4) is 0 Å². The molecule has 0 unspecified atom stereocenters. The lowest BCUT2D eigenvalue weighted by atomic mass is 9.98. The van der Waals surface area contributed by atoms with E-state index in [1.807, 2.05) is 10.9 Å². The van der Waals surface area contributed by atoms with E-state index in [0.29, 0.717) is 0 Å². The number of hydrogen-bond donors (Lipinski definition) is 2. The summed E-state index contributed by atoms with van der Waals surface area (Å²) in [5.41, 5.74) is 1.15. The molecule has 1 aromatic rings. The summed E-state index contributed by atoms with van der Waals surface area (Å²) in [7, 11) is 0. The molecule has 4 nitrogen and oxygen atoms in total. The van der Waals surface area contributed by atoms with Gasteiger partial charge in [-0.05, 0) is 38.8 Å². The summed E-state index contributed by atoms with van der Waals surface area (Å²) >= 11 is 0. The Morgan fingerprint density at radius 2 is 2.33 bits per heavy atom. The summed E-state index contributed by atoms with van der Waals surface area (Å²) in [5.74, 6) is 0.816. The smallest absolute Gasteiger partial charge is 0.0726 e. The van der Waals surface area contributed by atoms with E-state index in [-0.39, 0.29) is 0 Å². The topological polar surface area (TPSA) is 41.9 Å². The van der Waals surface area contributed by atoms with Crippen molar-refractivity contribution in [3.05, 3.63) is 12.4 Å². The molecule has 4 heteroatoms. The van der Waals surface area contributed by atoms with Crippen molar-refractivity contribution in [2.45, 2.75) is 26.3 Å². The Morgan fingerprint density at radius 1 is 1.53 bits per heavy atom. The van der Waals surface area contributed by atoms with Crippen LogP contribution in [0.4, 0.5) is 5.69 Å².